The average molecular weight is 364 g/mol. The zero-order valence-corrected chi connectivity index (χ0v) is 15.4. The molecule has 7 heteroatoms. The molecule has 0 spiro atoms. The van der Waals surface area contributed by atoms with E-state index >= 15 is 0 Å². The van der Waals surface area contributed by atoms with Gasteiger partial charge in [0.1, 0.15) is 5.52 Å². The first kappa shape index (κ1) is 16.3. The van der Waals surface area contributed by atoms with Crippen LogP contribution in [0.1, 0.15) is 5.56 Å². The summed E-state index contributed by atoms with van der Waals surface area (Å²) in [7, 11) is 1.91. The van der Waals surface area contributed by atoms with E-state index in [1.165, 1.54) is 0 Å². The Labute approximate surface area is 156 Å². The maximum atomic E-state index is 14.7. The van der Waals surface area contributed by atoms with Crippen LogP contribution in [-0.2, 0) is 7.05 Å². The number of piperazine rings is 1. The van der Waals surface area contributed by atoms with Gasteiger partial charge in [-0.05, 0) is 36.8 Å². The second kappa shape index (κ2) is 6.06. The largest absolute Gasteiger partial charge is 0.369 e. The Morgan fingerprint density at radius 1 is 0.926 bits per heavy atom. The summed E-state index contributed by atoms with van der Waals surface area (Å²) in [5, 5.41) is 14.2. The van der Waals surface area contributed by atoms with Gasteiger partial charge in [0, 0.05) is 62.1 Å². The lowest BCUT2D eigenvalue weighted by molar-refractivity contribution is 0.586. The Balaban J connectivity index is 1.61. The van der Waals surface area contributed by atoms with Gasteiger partial charge >= 0.3 is 0 Å². The molecule has 0 aliphatic carbocycles. The Kier molecular flexibility index (Phi) is 3.65. The fourth-order valence-electron chi connectivity index (χ4n) is 3.86. The molecule has 0 radical (unpaired) electrons. The lowest BCUT2D eigenvalue weighted by atomic mass is 10.1. The highest BCUT2D eigenvalue weighted by molar-refractivity contribution is 5.86. The van der Waals surface area contributed by atoms with Gasteiger partial charge in [0.2, 0.25) is 0 Å². The van der Waals surface area contributed by atoms with Gasteiger partial charge in [-0.15, -0.1) is 0 Å². The van der Waals surface area contributed by atoms with E-state index in [4.69, 9.17) is 0 Å². The molecule has 5 rings (SSSR count). The van der Waals surface area contributed by atoms with Crippen molar-refractivity contribution in [3.8, 4) is 5.69 Å². The highest BCUT2D eigenvalue weighted by Crippen LogP contribution is 2.27. The van der Waals surface area contributed by atoms with Crippen molar-refractivity contribution in [1.29, 1.82) is 0 Å². The van der Waals surface area contributed by atoms with E-state index in [9.17, 15) is 4.39 Å². The lowest BCUT2D eigenvalue weighted by Crippen LogP contribution is -2.43. The number of nitrogens with zero attached hydrogens (tertiary/aromatic N) is 5. The maximum Gasteiger partial charge on any atom is 0.153 e. The van der Waals surface area contributed by atoms with Gasteiger partial charge in [0.15, 0.2) is 5.82 Å². The summed E-state index contributed by atoms with van der Waals surface area (Å²) < 4.78 is 18.3. The minimum atomic E-state index is -0.279. The maximum absolute atomic E-state index is 14.7. The molecule has 27 heavy (non-hydrogen) atoms. The Hall–Kier alpha value is -2.93. The minimum Gasteiger partial charge on any atom is -0.369 e. The first-order valence-electron chi connectivity index (χ1n) is 9.17. The zero-order valence-electron chi connectivity index (χ0n) is 15.4. The molecule has 2 aromatic heterocycles. The van der Waals surface area contributed by atoms with Crippen molar-refractivity contribution in [2.75, 3.05) is 31.1 Å². The predicted octanol–water partition coefficient (Wildman–Crippen LogP) is 2.77. The van der Waals surface area contributed by atoms with E-state index in [0.717, 1.165) is 59.4 Å². The van der Waals surface area contributed by atoms with Crippen LogP contribution in [0.4, 0.5) is 10.1 Å². The Morgan fingerprint density at radius 3 is 2.48 bits per heavy atom. The molecule has 3 heterocycles. The summed E-state index contributed by atoms with van der Waals surface area (Å²) in [6.45, 7) is 5.64. The first-order valence-corrected chi connectivity index (χ1v) is 9.17. The van der Waals surface area contributed by atoms with Crippen LogP contribution in [-0.4, -0.2) is 45.7 Å². The minimum absolute atomic E-state index is 0.279. The second-order valence-corrected chi connectivity index (χ2v) is 7.18. The van der Waals surface area contributed by atoms with Crippen molar-refractivity contribution in [3.05, 3.63) is 48.0 Å². The van der Waals surface area contributed by atoms with Crippen LogP contribution in [0.15, 0.2) is 36.7 Å². The van der Waals surface area contributed by atoms with Gasteiger partial charge in [0.25, 0.3) is 0 Å². The first-order chi connectivity index (χ1) is 13.1. The molecule has 1 fully saturated rings. The van der Waals surface area contributed by atoms with E-state index in [0.29, 0.717) is 5.52 Å². The second-order valence-electron chi connectivity index (χ2n) is 7.18. The quantitative estimate of drug-likeness (QED) is 0.594. The summed E-state index contributed by atoms with van der Waals surface area (Å²) in [6, 6.07) is 7.70. The van der Waals surface area contributed by atoms with Crippen LogP contribution < -0.4 is 10.2 Å². The van der Waals surface area contributed by atoms with Gasteiger partial charge in [-0.2, -0.15) is 10.2 Å². The standard InChI is InChI=1S/C20H21FN6/c1-13-7-17(9-14-11-25(2)23-19(13)14)27-12-15-8-16(10-18(21)20(15)24-27)26-5-3-22-4-6-26/h7-12,22H,3-6H2,1-2H3. The monoisotopic (exact) mass is 364 g/mol. The van der Waals surface area contributed by atoms with Crippen LogP contribution >= 0.6 is 0 Å². The van der Waals surface area contributed by atoms with Crippen molar-refractivity contribution in [1.82, 2.24) is 24.9 Å². The molecule has 1 N–H and O–H groups in total. The molecule has 138 valence electrons. The number of aromatic nitrogens is 4. The number of anilines is 1. The Bertz CT molecular complexity index is 1150. The van der Waals surface area contributed by atoms with E-state index < -0.39 is 0 Å². The van der Waals surface area contributed by atoms with Gasteiger partial charge in [-0.1, -0.05) is 0 Å². The topological polar surface area (TPSA) is 50.9 Å². The summed E-state index contributed by atoms with van der Waals surface area (Å²) in [6.07, 6.45) is 3.89. The number of fused-ring (bicyclic) bond motifs is 2. The summed E-state index contributed by atoms with van der Waals surface area (Å²) >= 11 is 0. The van der Waals surface area contributed by atoms with Crippen LogP contribution in [0.5, 0.6) is 0 Å². The van der Waals surface area contributed by atoms with Crippen molar-refractivity contribution in [2.45, 2.75) is 6.92 Å². The molecule has 0 amide bonds. The van der Waals surface area contributed by atoms with Gasteiger partial charge in [-0.25, -0.2) is 9.07 Å². The Morgan fingerprint density at radius 2 is 1.67 bits per heavy atom. The highest BCUT2D eigenvalue weighted by atomic mass is 19.1. The van der Waals surface area contributed by atoms with Crippen LogP contribution in [0.2, 0.25) is 0 Å². The molecular formula is C20H21FN6. The third kappa shape index (κ3) is 2.75. The van der Waals surface area contributed by atoms with Crippen LogP contribution in [0.3, 0.4) is 0 Å². The third-order valence-electron chi connectivity index (χ3n) is 5.19. The smallest absolute Gasteiger partial charge is 0.153 e. The van der Waals surface area contributed by atoms with E-state index in [1.807, 2.05) is 44.6 Å². The number of hydrogen-bond donors (Lipinski definition) is 1. The molecule has 4 aromatic rings. The van der Waals surface area contributed by atoms with Gasteiger partial charge in [-0.3, -0.25) is 4.68 Å². The normalized spacial score (nSPS) is 15.1. The zero-order chi connectivity index (χ0) is 18.5. The molecule has 0 unspecified atom stereocenters. The summed E-state index contributed by atoms with van der Waals surface area (Å²) in [5.41, 5.74) is 4.28. The van der Waals surface area contributed by atoms with Gasteiger partial charge in [0.05, 0.1) is 11.2 Å². The average Bonchev–Trinajstić information content (AvgIpc) is 3.26. The predicted molar refractivity (Wildman–Crippen MR) is 105 cm³/mol. The van der Waals surface area contributed by atoms with Crippen molar-refractivity contribution < 1.29 is 4.39 Å². The number of rotatable bonds is 2. The van der Waals surface area contributed by atoms with Gasteiger partial charge < -0.3 is 10.2 Å². The molecule has 1 aliphatic rings. The van der Waals surface area contributed by atoms with Crippen molar-refractivity contribution >= 4 is 27.5 Å². The number of benzene rings is 2. The molecule has 0 bridgehead atoms. The molecule has 2 aromatic carbocycles. The summed E-state index contributed by atoms with van der Waals surface area (Å²) in [4.78, 5) is 2.21. The molecule has 0 saturated carbocycles. The van der Waals surface area contributed by atoms with Crippen molar-refractivity contribution in [2.24, 2.45) is 7.05 Å². The number of aryl methyl sites for hydroxylation is 2. The summed E-state index contributed by atoms with van der Waals surface area (Å²) in [5.74, 6) is -0.279. The molecule has 1 aliphatic heterocycles. The number of halogens is 1. The molecule has 1 saturated heterocycles. The fourth-order valence-corrected chi connectivity index (χ4v) is 3.86. The van der Waals surface area contributed by atoms with Crippen molar-refractivity contribution in [3.63, 3.8) is 0 Å². The van der Waals surface area contributed by atoms with Crippen LogP contribution in [0, 0.1) is 12.7 Å². The molecule has 6 nitrogen and oxygen atoms in total. The van der Waals surface area contributed by atoms with E-state index in [-0.39, 0.29) is 5.82 Å². The van der Waals surface area contributed by atoms with Crippen LogP contribution in [0.25, 0.3) is 27.5 Å². The van der Waals surface area contributed by atoms with E-state index in [1.54, 1.807) is 15.4 Å². The molecule has 0 atom stereocenters. The lowest BCUT2D eigenvalue weighted by Gasteiger charge is -2.29. The number of nitrogens with one attached hydrogen (secondary N) is 1. The number of hydrogen-bond acceptors (Lipinski definition) is 4. The molecular weight excluding hydrogens is 343 g/mol. The fraction of sp³-hybridized carbons (Fsp3) is 0.300. The van der Waals surface area contributed by atoms with E-state index in [2.05, 4.69) is 20.4 Å². The third-order valence-corrected chi connectivity index (χ3v) is 5.19. The highest BCUT2D eigenvalue weighted by Gasteiger charge is 2.16. The SMILES string of the molecule is Cc1cc(-n2cc3cc(N4CCNCC4)cc(F)c3n2)cc2cn(C)nc12.